The molecular formula is C20H27NO2. The summed E-state index contributed by atoms with van der Waals surface area (Å²) in [6.45, 7) is 2.33. The molecule has 0 radical (unpaired) electrons. The Kier molecular flexibility index (Phi) is 3.82. The minimum absolute atomic E-state index is 0.0112. The fourth-order valence-electron chi connectivity index (χ4n) is 5.81. The molecule has 0 spiro atoms. The van der Waals surface area contributed by atoms with E-state index in [1.807, 2.05) is 30.3 Å². The van der Waals surface area contributed by atoms with Crippen LogP contribution in [0, 0.1) is 23.2 Å². The molecule has 4 fully saturated rings. The van der Waals surface area contributed by atoms with Gasteiger partial charge in [-0.15, -0.1) is 0 Å². The molecule has 1 aromatic carbocycles. The van der Waals surface area contributed by atoms with Crippen molar-refractivity contribution >= 4 is 5.91 Å². The van der Waals surface area contributed by atoms with Crippen LogP contribution in [0.2, 0.25) is 0 Å². The van der Waals surface area contributed by atoms with Crippen LogP contribution >= 0.6 is 0 Å². The Morgan fingerprint density at radius 2 is 1.70 bits per heavy atom. The second kappa shape index (κ2) is 5.85. The van der Waals surface area contributed by atoms with Gasteiger partial charge in [0.25, 0.3) is 5.91 Å². The number of nitrogens with one attached hydrogen (secondary N) is 1. The highest BCUT2D eigenvalue weighted by molar-refractivity contribution is 5.77. The van der Waals surface area contributed by atoms with E-state index in [4.69, 9.17) is 4.74 Å². The van der Waals surface area contributed by atoms with Gasteiger partial charge >= 0.3 is 0 Å². The second-order valence-corrected chi connectivity index (χ2v) is 8.17. The summed E-state index contributed by atoms with van der Waals surface area (Å²) in [5, 5.41) is 3.24. The number of ether oxygens (including phenoxy) is 1. The number of amides is 1. The average Bonchev–Trinajstić information content (AvgIpc) is 2.52. The quantitative estimate of drug-likeness (QED) is 0.898. The topological polar surface area (TPSA) is 38.3 Å². The van der Waals surface area contributed by atoms with Crippen LogP contribution in [0.4, 0.5) is 0 Å². The zero-order valence-electron chi connectivity index (χ0n) is 14.0. The first-order valence-electron chi connectivity index (χ1n) is 9.10. The van der Waals surface area contributed by atoms with Crippen molar-refractivity contribution in [2.45, 2.75) is 51.5 Å². The van der Waals surface area contributed by atoms with Crippen LogP contribution in [-0.4, -0.2) is 18.6 Å². The predicted molar refractivity (Wildman–Crippen MR) is 90.1 cm³/mol. The van der Waals surface area contributed by atoms with Crippen LogP contribution in [0.5, 0.6) is 5.75 Å². The summed E-state index contributed by atoms with van der Waals surface area (Å²) in [7, 11) is 0. The Labute approximate surface area is 138 Å². The van der Waals surface area contributed by atoms with Crippen molar-refractivity contribution in [2.75, 3.05) is 6.61 Å². The second-order valence-electron chi connectivity index (χ2n) is 8.17. The van der Waals surface area contributed by atoms with Crippen LogP contribution in [0.25, 0.3) is 0 Å². The number of benzene rings is 1. The number of rotatable bonds is 5. The van der Waals surface area contributed by atoms with E-state index in [0.29, 0.717) is 5.41 Å². The zero-order valence-corrected chi connectivity index (χ0v) is 14.0. The molecule has 3 heteroatoms. The lowest BCUT2D eigenvalue weighted by molar-refractivity contribution is -0.127. The normalized spacial score (nSPS) is 35.8. The molecule has 124 valence electrons. The molecule has 1 amide bonds. The molecule has 23 heavy (non-hydrogen) atoms. The van der Waals surface area contributed by atoms with Crippen molar-refractivity contribution in [3.63, 3.8) is 0 Å². The molecular weight excluding hydrogens is 286 g/mol. The molecule has 1 N–H and O–H groups in total. The molecule has 0 heterocycles. The first-order chi connectivity index (χ1) is 11.1. The zero-order chi connectivity index (χ0) is 15.9. The van der Waals surface area contributed by atoms with Crippen LogP contribution in [0.15, 0.2) is 30.3 Å². The maximum absolute atomic E-state index is 12.3. The van der Waals surface area contributed by atoms with Crippen molar-refractivity contribution in [3.05, 3.63) is 30.3 Å². The minimum Gasteiger partial charge on any atom is -0.484 e. The molecule has 4 saturated carbocycles. The molecule has 1 aromatic rings. The van der Waals surface area contributed by atoms with Crippen LogP contribution in [-0.2, 0) is 4.79 Å². The number of para-hydroxylation sites is 1. The van der Waals surface area contributed by atoms with Crippen molar-refractivity contribution in [1.29, 1.82) is 0 Å². The first kappa shape index (κ1) is 15.0. The van der Waals surface area contributed by atoms with E-state index in [1.54, 1.807) is 0 Å². The minimum atomic E-state index is 0.0112. The molecule has 3 nitrogen and oxygen atoms in total. The van der Waals surface area contributed by atoms with Gasteiger partial charge in [0, 0.05) is 6.04 Å². The molecule has 4 aliphatic rings. The van der Waals surface area contributed by atoms with E-state index in [9.17, 15) is 4.79 Å². The maximum Gasteiger partial charge on any atom is 0.258 e. The summed E-state index contributed by atoms with van der Waals surface area (Å²) in [4.78, 5) is 12.3. The van der Waals surface area contributed by atoms with E-state index in [1.165, 1.54) is 38.5 Å². The molecule has 1 unspecified atom stereocenters. The van der Waals surface area contributed by atoms with Crippen LogP contribution < -0.4 is 10.1 Å². The molecule has 0 saturated heterocycles. The lowest BCUT2D eigenvalue weighted by Crippen LogP contribution is -2.56. The highest BCUT2D eigenvalue weighted by Gasteiger charge is 2.53. The van der Waals surface area contributed by atoms with Crippen LogP contribution in [0.1, 0.15) is 45.4 Å². The summed E-state index contributed by atoms with van der Waals surface area (Å²) in [5.74, 6) is 3.52. The highest BCUT2D eigenvalue weighted by atomic mass is 16.5. The lowest BCUT2D eigenvalue weighted by Gasteiger charge is -2.59. The smallest absolute Gasteiger partial charge is 0.258 e. The largest absolute Gasteiger partial charge is 0.484 e. The molecule has 0 aliphatic heterocycles. The summed E-state index contributed by atoms with van der Waals surface area (Å²) in [5.41, 5.74) is 0.358. The van der Waals surface area contributed by atoms with Crippen molar-refractivity contribution in [2.24, 2.45) is 23.2 Å². The molecule has 4 bridgehead atoms. The fraction of sp³-hybridized carbons (Fsp3) is 0.650. The van der Waals surface area contributed by atoms with Gasteiger partial charge in [0.15, 0.2) is 6.61 Å². The van der Waals surface area contributed by atoms with E-state index in [-0.39, 0.29) is 18.6 Å². The van der Waals surface area contributed by atoms with Gasteiger partial charge in [0.2, 0.25) is 0 Å². The number of carbonyl (C=O) groups excluding carboxylic acids is 1. The van der Waals surface area contributed by atoms with Crippen molar-refractivity contribution in [1.82, 2.24) is 5.32 Å². The van der Waals surface area contributed by atoms with Gasteiger partial charge in [-0.05, 0) is 80.8 Å². The number of carbonyl (C=O) groups is 1. The van der Waals surface area contributed by atoms with Crippen molar-refractivity contribution < 1.29 is 9.53 Å². The first-order valence-corrected chi connectivity index (χ1v) is 9.10. The van der Waals surface area contributed by atoms with Gasteiger partial charge in [-0.3, -0.25) is 4.79 Å². The van der Waals surface area contributed by atoms with E-state index < -0.39 is 0 Å². The Bertz CT molecular complexity index is 533. The Morgan fingerprint density at radius 3 is 2.26 bits per heavy atom. The SMILES string of the molecule is CC(NC(=O)COc1ccccc1)C12CC3CC(CC(C3)C1)C2. The summed E-state index contributed by atoms with van der Waals surface area (Å²) >= 11 is 0. The van der Waals surface area contributed by atoms with Gasteiger partial charge in [-0.1, -0.05) is 18.2 Å². The third-order valence-electron chi connectivity index (χ3n) is 6.49. The molecule has 0 aromatic heterocycles. The molecule has 4 aliphatic carbocycles. The van der Waals surface area contributed by atoms with Gasteiger partial charge < -0.3 is 10.1 Å². The van der Waals surface area contributed by atoms with Gasteiger partial charge in [-0.2, -0.15) is 0 Å². The van der Waals surface area contributed by atoms with E-state index in [0.717, 1.165) is 23.5 Å². The Balaban J connectivity index is 1.34. The van der Waals surface area contributed by atoms with Crippen LogP contribution in [0.3, 0.4) is 0 Å². The van der Waals surface area contributed by atoms with Gasteiger partial charge in [0.05, 0.1) is 0 Å². The third-order valence-corrected chi connectivity index (χ3v) is 6.49. The summed E-state index contributed by atoms with van der Waals surface area (Å²) in [6, 6.07) is 9.83. The average molecular weight is 313 g/mol. The van der Waals surface area contributed by atoms with E-state index >= 15 is 0 Å². The third kappa shape index (κ3) is 2.98. The Hall–Kier alpha value is -1.51. The van der Waals surface area contributed by atoms with Gasteiger partial charge in [-0.25, -0.2) is 0 Å². The summed E-state index contributed by atoms with van der Waals surface area (Å²) in [6.07, 6.45) is 8.28. The summed E-state index contributed by atoms with van der Waals surface area (Å²) < 4.78 is 5.58. The van der Waals surface area contributed by atoms with Crippen molar-refractivity contribution in [3.8, 4) is 5.75 Å². The molecule has 5 rings (SSSR count). The Morgan fingerprint density at radius 1 is 1.13 bits per heavy atom. The predicted octanol–water partition coefficient (Wildman–Crippen LogP) is 3.79. The molecule has 1 atom stereocenters. The lowest BCUT2D eigenvalue weighted by atomic mass is 9.48. The standard InChI is InChI=1S/C20H27NO2/c1-14(21-19(22)13-23-18-5-3-2-4-6-18)20-10-15-7-16(11-20)9-17(8-15)12-20/h2-6,14-17H,7-13H2,1H3,(H,21,22). The highest BCUT2D eigenvalue weighted by Crippen LogP contribution is 2.61. The fourth-order valence-corrected chi connectivity index (χ4v) is 5.81. The monoisotopic (exact) mass is 313 g/mol. The number of hydrogen-bond acceptors (Lipinski definition) is 2. The van der Waals surface area contributed by atoms with E-state index in [2.05, 4.69) is 12.2 Å². The van der Waals surface area contributed by atoms with Gasteiger partial charge in [0.1, 0.15) is 5.75 Å². The number of hydrogen-bond donors (Lipinski definition) is 1. The maximum atomic E-state index is 12.3.